The van der Waals surface area contributed by atoms with Crippen LogP contribution < -0.4 is 10.5 Å². The predicted molar refractivity (Wildman–Crippen MR) is 65.2 cm³/mol. The summed E-state index contributed by atoms with van der Waals surface area (Å²) >= 11 is 0. The largest absolute Gasteiger partial charge is 0.494 e. The van der Waals surface area contributed by atoms with Crippen LogP contribution in [-0.2, 0) is 15.9 Å². The van der Waals surface area contributed by atoms with Gasteiger partial charge in [0.25, 0.3) is 0 Å². The fourth-order valence-electron chi connectivity index (χ4n) is 1.99. The van der Waals surface area contributed by atoms with E-state index in [2.05, 4.69) is 0 Å². The van der Waals surface area contributed by atoms with E-state index in [1.54, 1.807) is 6.07 Å². The summed E-state index contributed by atoms with van der Waals surface area (Å²) in [7, 11) is 1.44. The van der Waals surface area contributed by atoms with Crippen LogP contribution in [0.5, 0.6) is 5.75 Å². The first kappa shape index (κ1) is 13.3. The second-order valence-corrected chi connectivity index (χ2v) is 4.32. The molecule has 2 N–H and O–H groups in total. The predicted octanol–water partition coefficient (Wildman–Crippen LogP) is 1.12. The Bertz CT molecular complexity index is 394. The van der Waals surface area contributed by atoms with E-state index < -0.39 is 0 Å². The summed E-state index contributed by atoms with van der Waals surface area (Å²) in [6.45, 7) is 1.68. The van der Waals surface area contributed by atoms with Crippen molar-refractivity contribution >= 4 is 0 Å². The Morgan fingerprint density at radius 1 is 1.50 bits per heavy atom. The van der Waals surface area contributed by atoms with E-state index in [0.717, 1.165) is 5.56 Å². The van der Waals surface area contributed by atoms with Crippen molar-refractivity contribution in [2.45, 2.75) is 18.6 Å². The smallest absolute Gasteiger partial charge is 0.165 e. The average Bonchev–Trinajstić information content (AvgIpc) is 2.40. The van der Waals surface area contributed by atoms with E-state index in [4.69, 9.17) is 19.9 Å². The van der Waals surface area contributed by atoms with Crippen LogP contribution in [-0.4, -0.2) is 39.1 Å². The van der Waals surface area contributed by atoms with Gasteiger partial charge in [0.05, 0.1) is 33.0 Å². The first-order chi connectivity index (χ1) is 8.70. The van der Waals surface area contributed by atoms with Gasteiger partial charge in [-0.3, -0.25) is 0 Å². The second-order valence-electron chi connectivity index (χ2n) is 4.32. The molecule has 0 aromatic heterocycles. The van der Waals surface area contributed by atoms with Gasteiger partial charge in [-0.15, -0.1) is 0 Å². The first-order valence-electron chi connectivity index (χ1n) is 5.98. The van der Waals surface area contributed by atoms with E-state index in [1.165, 1.54) is 13.2 Å². The third-order valence-corrected chi connectivity index (χ3v) is 3.01. The molecule has 1 aliphatic rings. The monoisotopic (exact) mass is 255 g/mol. The highest BCUT2D eigenvalue weighted by Gasteiger charge is 2.22. The van der Waals surface area contributed by atoms with Crippen molar-refractivity contribution < 1.29 is 18.6 Å². The van der Waals surface area contributed by atoms with Gasteiger partial charge in [0, 0.05) is 6.04 Å². The summed E-state index contributed by atoms with van der Waals surface area (Å²) in [5, 5.41) is 0. The molecule has 0 saturated carbocycles. The molecule has 1 aliphatic heterocycles. The van der Waals surface area contributed by atoms with Crippen molar-refractivity contribution in [2.75, 3.05) is 26.9 Å². The highest BCUT2D eigenvalue weighted by molar-refractivity contribution is 5.29. The standard InChI is InChI=1S/C13H18FNO3/c1-16-12-3-2-9(6-10(12)14)7-11(15)13-8-17-4-5-18-13/h2-3,6,11,13H,4-5,7-8,15H2,1H3. The van der Waals surface area contributed by atoms with Crippen molar-refractivity contribution in [3.63, 3.8) is 0 Å². The van der Waals surface area contributed by atoms with E-state index in [9.17, 15) is 4.39 Å². The van der Waals surface area contributed by atoms with Crippen LogP contribution in [0, 0.1) is 5.82 Å². The quantitative estimate of drug-likeness (QED) is 0.876. The Balaban J connectivity index is 1.97. The van der Waals surface area contributed by atoms with Gasteiger partial charge in [-0.05, 0) is 24.1 Å². The topological polar surface area (TPSA) is 53.7 Å². The van der Waals surface area contributed by atoms with Crippen LogP contribution >= 0.6 is 0 Å². The molecule has 0 amide bonds. The van der Waals surface area contributed by atoms with Crippen LogP contribution in [0.2, 0.25) is 0 Å². The molecule has 0 radical (unpaired) electrons. The fraction of sp³-hybridized carbons (Fsp3) is 0.538. The maximum absolute atomic E-state index is 13.5. The normalized spacial score (nSPS) is 21.6. The van der Waals surface area contributed by atoms with Gasteiger partial charge in [-0.2, -0.15) is 0 Å². The molecule has 1 saturated heterocycles. The van der Waals surface area contributed by atoms with Crippen LogP contribution in [0.1, 0.15) is 5.56 Å². The molecule has 0 aliphatic carbocycles. The SMILES string of the molecule is COc1ccc(CC(N)C2COCCO2)cc1F. The molecule has 0 spiro atoms. The number of nitrogens with two attached hydrogens (primary N) is 1. The minimum absolute atomic E-state index is 0.121. The average molecular weight is 255 g/mol. The zero-order chi connectivity index (χ0) is 13.0. The van der Waals surface area contributed by atoms with Gasteiger partial charge >= 0.3 is 0 Å². The first-order valence-corrected chi connectivity index (χ1v) is 5.98. The Morgan fingerprint density at radius 3 is 2.94 bits per heavy atom. The van der Waals surface area contributed by atoms with E-state index in [0.29, 0.717) is 26.2 Å². The van der Waals surface area contributed by atoms with Gasteiger partial charge in [0.15, 0.2) is 11.6 Å². The summed E-state index contributed by atoms with van der Waals surface area (Å²) in [6.07, 6.45) is 0.429. The van der Waals surface area contributed by atoms with Gasteiger partial charge in [0.1, 0.15) is 0 Å². The lowest BCUT2D eigenvalue weighted by Gasteiger charge is -2.28. The van der Waals surface area contributed by atoms with Crippen molar-refractivity contribution in [3.05, 3.63) is 29.6 Å². The van der Waals surface area contributed by atoms with Gasteiger partial charge in [0.2, 0.25) is 0 Å². The number of benzene rings is 1. The van der Waals surface area contributed by atoms with Crippen LogP contribution in [0.3, 0.4) is 0 Å². The molecule has 2 atom stereocenters. The fourth-order valence-corrected chi connectivity index (χ4v) is 1.99. The number of hydrogen-bond acceptors (Lipinski definition) is 4. The number of methoxy groups -OCH3 is 1. The number of hydrogen-bond donors (Lipinski definition) is 1. The maximum atomic E-state index is 13.5. The molecule has 5 heteroatoms. The van der Waals surface area contributed by atoms with E-state index in [-0.39, 0.29) is 23.7 Å². The molecule has 100 valence electrons. The Morgan fingerprint density at radius 2 is 2.33 bits per heavy atom. The minimum atomic E-state index is -0.372. The summed E-state index contributed by atoms with van der Waals surface area (Å²) in [5.74, 6) is -0.132. The summed E-state index contributed by atoms with van der Waals surface area (Å²) in [5.41, 5.74) is 6.87. The van der Waals surface area contributed by atoms with Crippen molar-refractivity contribution in [3.8, 4) is 5.75 Å². The highest BCUT2D eigenvalue weighted by Crippen LogP contribution is 2.19. The minimum Gasteiger partial charge on any atom is -0.494 e. The zero-order valence-corrected chi connectivity index (χ0v) is 10.4. The number of halogens is 1. The van der Waals surface area contributed by atoms with Crippen molar-refractivity contribution in [1.29, 1.82) is 0 Å². The lowest BCUT2D eigenvalue weighted by Crippen LogP contribution is -2.44. The molecule has 1 heterocycles. The Labute approximate surface area is 106 Å². The van der Waals surface area contributed by atoms with Gasteiger partial charge in [-0.25, -0.2) is 4.39 Å². The van der Waals surface area contributed by atoms with Gasteiger partial charge in [-0.1, -0.05) is 6.07 Å². The highest BCUT2D eigenvalue weighted by atomic mass is 19.1. The molecule has 18 heavy (non-hydrogen) atoms. The third-order valence-electron chi connectivity index (χ3n) is 3.01. The summed E-state index contributed by atoms with van der Waals surface area (Å²) in [4.78, 5) is 0. The maximum Gasteiger partial charge on any atom is 0.165 e. The zero-order valence-electron chi connectivity index (χ0n) is 10.4. The van der Waals surface area contributed by atoms with Gasteiger partial charge < -0.3 is 19.9 Å². The van der Waals surface area contributed by atoms with E-state index in [1.807, 2.05) is 6.07 Å². The Hall–Kier alpha value is -1.17. The lowest BCUT2D eigenvalue weighted by molar-refractivity contribution is -0.0967. The molecule has 1 aromatic carbocycles. The molecule has 4 nitrogen and oxygen atoms in total. The lowest BCUT2D eigenvalue weighted by atomic mass is 10.0. The summed E-state index contributed by atoms with van der Waals surface area (Å²) in [6, 6.07) is 4.67. The van der Waals surface area contributed by atoms with Crippen LogP contribution in [0.15, 0.2) is 18.2 Å². The molecular weight excluding hydrogens is 237 g/mol. The summed E-state index contributed by atoms with van der Waals surface area (Å²) < 4.78 is 29.2. The molecular formula is C13H18FNO3. The number of ether oxygens (including phenoxy) is 3. The molecule has 1 aromatic rings. The second kappa shape index (κ2) is 6.13. The molecule has 0 bridgehead atoms. The third kappa shape index (κ3) is 3.19. The molecule has 1 fully saturated rings. The van der Waals surface area contributed by atoms with Crippen molar-refractivity contribution in [2.24, 2.45) is 5.73 Å². The number of rotatable bonds is 4. The Kier molecular flexibility index (Phi) is 4.52. The molecule has 2 unspecified atom stereocenters. The molecule has 2 rings (SSSR count). The van der Waals surface area contributed by atoms with Crippen molar-refractivity contribution in [1.82, 2.24) is 0 Å². The van der Waals surface area contributed by atoms with Crippen LogP contribution in [0.4, 0.5) is 4.39 Å². The van der Waals surface area contributed by atoms with Crippen LogP contribution in [0.25, 0.3) is 0 Å². The van der Waals surface area contributed by atoms with E-state index >= 15 is 0 Å².